The van der Waals surface area contributed by atoms with E-state index >= 15 is 0 Å². The number of rotatable bonds is 4. The summed E-state index contributed by atoms with van der Waals surface area (Å²) in [4.78, 5) is 42.2. The lowest BCUT2D eigenvalue weighted by Gasteiger charge is -2.45. The van der Waals surface area contributed by atoms with E-state index in [1.54, 1.807) is 19.2 Å². The molecule has 0 radical (unpaired) electrons. The predicted octanol–water partition coefficient (Wildman–Crippen LogP) is 3.99. The van der Waals surface area contributed by atoms with E-state index in [2.05, 4.69) is 65.5 Å². The Morgan fingerprint density at radius 1 is 1.14 bits per heavy atom. The maximum atomic E-state index is 13.4. The van der Waals surface area contributed by atoms with Crippen molar-refractivity contribution in [3.05, 3.63) is 57.2 Å². The minimum absolute atomic E-state index is 0.00354. The maximum Gasteiger partial charge on any atom is 0.347 e. The summed E-state index contributed by atoms with van der Waals surface area (Å²) in [7, 11) is 2.07. The molecule has 1 saturated heterocycles. The molecule has 0 N–H and O–H groups in total. The first-order chi connectivity index (χ1) is 17.1. The molecule has 8 nitrogen and oxygen atoms in total. The van der Waals surface area contributed by atoms with Crippen LogP contribution in [0.5, 0.6) is 0 Å². The smallest absolute Gasteiger partial charge is 0.347 e. The summed E-state index contributed by atoms with van der Waals surface area (Å²) >= 11 is 0. The van der Waals surface area contributed by atoms with Crippen LogP contribution in [0.15, 0.2) is 33.6 Å². The standard InChI is InChI=1S/C28H35N5O3/c1-7-32-8-10-33(11-9-32)27-29-16-22(18(3)30-27)25(34)21-13-19-12-20-17(2)15-28(4,5)31(6)23(20)14-24(19)36-26(21)35/h12-14,16-17H,7-11,15H2,1-6H3/t17-/m1/s1. The van der Waals surface area contributed by atoms with Gasteiger partial charge in [-0.2, -0.15) is 0 Å². The normalized spacial score (nSPS) is 20.0. The second-order valence-electron chi connectivity index (χ2n) is 10.8. The number of carbonyl (C=O) groups excluding carboxylic acids is 1. The van der Waals surface area contributed by atoms with Crippen molar-refractivity contribution in [2.45, 2.75) is 52.5 Å². The van der Waals surface area contributed by atoms with Gasteiger partial charge in [-0.15, -0.1) is 0 Å². The van der Waals surface area contributed by atoms with Gasteiger partial charge in [-0.25, -0.2) is 14.8 Å². The van der Waals surface area contributed by atoms with Gasteiger partial charge in [-0.1, -0.05) is 13.8 Å². The molecule has 5 rings (SSSR count). The molecule has 2 aliphatic rings. The minimum atomic E-state index is -0.641. The number of nitrogens with zero attached hydrogens (tertiary/aromatic N) is 5. The third kappa shape index (κ3) is 4.17. The Labute approximate surface area is 211 Å². The Balaban J connectivity index is 1.47. The number of likely N-dealkylation sites (N-methyl/N-ethyl adjacent to an activating group) is 1. The summed E-state index contributed by atoms with van der Waals surface area (Å²) in [5.74, 6) is 0.566. The van der Waals surface area contributed by atoms with Crippen LogP contribution in [0, 0.1) is 6.92 Å². The van der Waals surface area contributed by atoms with Crippen molar-refractivity contribution in [3.8, 4) is 0 Å². The number of ketones is 1. The molecule has 0 spiro atoms. The average Bonchev–Trinajstić information content (AvgIpc) is 2.85. The number of hydrogen-bond donors (Lipinski definition) is 0. The fourth-order valence-corrected chi connectivity index (χ4v) is 5.58. The first kappa shape index (κ1) is 24.4. The van der Waals surface area contributed by atoms with Crippen molar-refractivity contribution >= 4 is 28.4 Å². The van der Waals surface area contributed by atoms with Crippen molar-refractivity contribution in [3.63, 3.8) is 0 Å². The van der Waals surface area contributed by atoms with Gasteiger partial charge in [-0.05, 0) is 57.4 Å². The number of aryl methyl sites for hydroxylation is 1. The fraction of sp³-hybridized carbons (Fsp3) is 0.500. The number of aromatic nitrogens is 2. The molecule has 4 heterocycles. The molecule has 1 atom stereocenters. The van der Waals surface area contributed by atoms with E-state index < -0.39 is 11.4 Å². The molecule has 3 aromatic rings. The Morgan fingerprint density at radius 2 is 1.86 bits per heavy atom. The summed E-state index contributed by atoms with van der Waals surface area (Å²) < 4.78 is 5.68. The summed E-state index contributed by atoms with van der Waals surface area (Å²) in [6, 6.07) is 5.65. The quantitative estimate of drug-likeness (QED) is 0.402. The molecule has 2 aromatic heterocycles. The molecule has 0 bridgehead atoms. The second-order valence-corrected chi connectivity index (χ2v) is 10.8. The number of anilines is 2. The number of fused-ring (bicyclic) bond motifs is 2. The topological polar surface area (TPSA) is 82.8 Å². The second kappa shape index (κ2) is 9.00. The Morgan fingerprint density at radius 3 is 2.53 bits per heavy atom. The first-order valence-electron chi connectivity index (χ1n) is 12.8. The average molecular weight is 490 g/mol. The molecule has 1 aromatic carbocycles. The van der Waals surface area contributed by atoms with Crippen molar-refractivity contribution in [1.29, 1.82) is 0 Å². The lowest BCUT2D eigenvalue weighted by Crippen LogP contribution is -2.46. The van der Waals surface area contributed by atoms with Crippen molar-refractivity contribution < 1.29 is 9.21 Å². The highest BCUT2D eigenvalue weighted by Gasteiger charge is 2.34. The molecular weight excluding hydrogens is 454 g/mol. The van der Waals surface area contributed by atoms with E-state index in [1.807, 2.05) is 6.07 Å². The predicted molar refractivity (Wildman–Crippen MR) is 143 cm³/mol. The maximum absolute atomic E-state index is 13.4. The molecule has 0 saturated carbocycles. The van der Waals surface area contributed by atoms with Crippen molar-refractivity contribution in [2.75, 3.05) is 49.6 Å². The summed E-state index contributed by atoms with van der Waals surface area (Å²) in [6.45, 7) is 15.3. The Hall–Kier alpha value is -3.26. The van der Waals surface area contributed by atoms with Gasteiger partial charge >= 0.3 is 5.63 Å². The highest BCUT2D eigenvalue weighted by Crippen LogP contribution is 2.43. The number of benzene rings is 1. The van der Waals surface area contributed by atoms with Gasteiger partial charge < -0.3 is 19.1 Å². The number of piperazine rings is 1. The van der Waals surface area contributed by atoms with Gasteiger partial charge in [0.15, 0.2) is 0 Å². The first-order valence-corrected chi connectivity index (χ1v) is 12.8. The van der Waals surface area contributed by atoms with Gasteiger partial charge in [0.25, 0.3) is 0 Å². The molecule has 2 aliphatic heterocycles. The highest BCUT2D eigenvalue weighted by molar-refractivity contribution is 6.10. The van der Waals surface area contributed by atoms with Crippen LogP contribution >= 0.6 is 0 Å². The van der Waals surface area contributed by atoms with Crippen molar-refractivity contribution in [2.24, 2.45) is 0 Å². The third-order valence-corrected chi connectivity index (χ3v) is 8.05. The summed E-state index contributed by atoms with van der Waals surface area (Å²) in [5, 5.41) is 0.751. The largest absolute Gasteiger partial charge is 0.422 e. The molecule has 1 fully saturated rings. The molecule has 36 heavy (non-hydrogen) atoms. The van der Waals surface area contributed by atoms with Crippen LogP contribution in [0.25, 0.3) is 11.0 Å². The molecular formula is C28H35N5O3. The molecule has 0 amide bonds. The third-order valence-electron chi connectivity index (χ3n) is 8.05. The molecule has 0 unspecified atom stereocenters. The zero-order valence-electron chi connectivity index (χ0n) is 22.1. The highest BCUT2D eigenvalue weighted by atomic mass is 16.4. The van der Waals surface area contributed by atoms with Gasteiger partial charge in [-0.3, -0.25) is 4.79 Å². The van der Waals surface area contributed by atoms with E-state index in [0.29, 0.717) is 28.7 Å². The Bertz CT molecular complexity index is 1390. The van der Waals surface area contributed by atoms with Crippen LogP contribution in [0.1, 0.15) is 67.2 Å². The fourth-order valence-electron chi connectivity index (χ4n) is 5.58. The molecule has 0 aliphatic carbocycles. The zero-order valence-corrected chi connectivity index (χ0v) is 22.1. The minimum Gasteiger partial charge on any atom is -0.422 e. The lowest BCUT2D eigenvalue weighted by molar-refractivity contribution is 0.103. The Kier molecular flexibility index (Phi) is 6.11. The SMILES string of the molecule is CCN1CCN(c2ncc(C(=O)c3cc4cc5c(cc4oc3=O)N(C)C(C)(C)C[C@H]5C)c(C)n2)CC1. The lowest BCUT2D eigenvalue weighted by atomic mass is 9.80. The number of carbonyl (C=O) groups is 1. The molecule has 190 valence electrons. The zero-order chi connectivity index (χ0) is 25.8. The van der Waals surface area contributed by atoms with E-state index in [0.717, 1.165) is 50.2 Å². The van der Waals surface area contributed by atoms with Crippen LogP contribution in [0.4, 0.5) is 11.6 Å². The van der Waals surface area contributed by atoms with Gasteiger partial charge in [0.05, 0.1) is 11.3 Å². The molecule has 8 heteroatoms. The summed E-state index contributed by atoms with van der Waals surface area (Å²) in [6.07, 6.45) is 2.56. The van der Waals surface area contributed by atoms with Gasteiger partial charge in [0, 0.05) is 62.1 Å². The van der Waals surface area contributed by atoms with Crippen LogP contribution in [-0.4, -0.2) is 66.0 Å². The van der Waals surface area contributed by atoms with Crippen LogP contribution < -0.4 is 15.4 Å². The monoisotopic (exact) mass is 489 g/mol. The van der Waals surface area contributed by atoms with E-state index in [1.165, 1.54) is 5.56 Å². The van der Waals surface area contributed by atoms with Gasteiger partial charge in [0.1, 0.15) is 11.1 Å². The van der Waals surface area contributed by atoms with E-state index in [9.17, 15) is 9.59 Å². The van der Waals surface area contributed by atoms with E-state index in [-0.39, 0.29) is 11.1 Å². The van der Waals surface area contributed by atoms with E-state index in [4.69, 9.17) is 4.42 Å². The van der Waals surface area contributed by atoms with Crippen LogP contribution in [0.2, 0.25) is 0 Å². The van der Waals surface area contributed by atoms with Crippen LogP contribution in [0.3, 0.4) is 0 Å². The number of hydrogen-bond acceptors (Lipinski definition) is 8. The van der Waals surface area contributed by atoms with Crippen LogP contribution in [-0.2, 0) is 0 Å². The van der Waals surface area contributed by atoms with Crippen molar-refractivity contribution in [1.82, 2.24) is 14.9 Å². The van der Waals surface area contributed by atoms with Gasteiger partial charge in [0.2, 0.25) is 11.7 Å². The summed E-state index contributed by atoms with van der Waals surface area (Å²) in [5.41, 5.74) is 3.01.